The minimum atomic E-state index is 0.108. The van der Waals surface area contributed by atoms with Crippen molar-refractivity contribution in [1.29, 1.82) is 0 Å². The number of thiophene rings is 1. The SMILES string of the molecule is CCC(CC)C(N)c1scc(C)c1Cl. The van der Waals surface area contributed by atoms with Crippen molar-refractivity contribution in [2.75, 3.05) is 0 Å². The van der Waals surface area contributed by atoms with Crippen molar-refractivity contribution in [3.05, 3.63) is 20.8 Å². The quantitative estimate of drug-likeness (QED) is 0.828. The molecule has 1 heterocycles. The van der Waals surface area contributed by atoms with Crippen LogP contribution in [0.2, 0.25) is 5.02 Å². The molecule has 0 radical (unpaired) electrons. The molecule has 80 valence electrons. The molecule has 0 aliphatic rings. The van der Waals surface area contributed by atoms with Gasteiger partial charge < -0.3 is 5.73 Å². The van der Waals surface area contributed by atoms with Gasteiger partial charge in [0.15, 0.2) is 0 Å². The Bertz CT molecular complexity index is 291. The summed E-state index contributed by atoms with van der Waals surface area (Å²) in [5.41, 5.74) is 7.35. The van der Waals surface area contributed by atoms with Gasteiger partial charge in [-0.1, -0.05) is 38.3 Å². The van der Waals surface area contributed by atoms with Crippen LogP contribution in [0.3, 0.4) is 0 Å². The first-order chi connectivity index (χ1) is 6.61. The maximum absolute atomic E-state index is 6.20. The summed E-state index contributed by atoms with van der Waals surface area (Å²) in [4.78, 5) is 1.15. The van der Waals surface area contributed by atoms with E-state index in [1.54, 1.807) is 11.3 Å². The van der Waals surface area contributed by atoms with E-state index in [1.165, 1.54) is 0 Å². The Morgan fingerprint density at radius 3 is 2.36 bits per heavy atom. The normalized spacial score (nSPS) is 13.6. The van der Waals surface area contributed by atoms with E-state index >= 15 is 0 Å². The summed E-state index contributed by atoms with van der Waals surface area (Å²) >= 11 is 7.88. The van der Waals surface area contributed by atoms with Crippen molar-refractivity contribution in [3.63, 3.8) is 0 Å². The van der Waals surface area contributed by atoms with Crippen molar-refractivity contribution in [3.8, 4) is 0 Å². The smallest absolute Gasteiger partial charge is 0.0590 e. The topological polar surface area (TPSA) is 26.0 Å². The average Bonchev–Trinajstić information content (AvgIpc) is 2.49. The summed E-state index contributed by atoms with van der Waals surface area (Å²) in [5.74, 6) is 0.547. The Morgan fingerprint density at radius 1 is 1.43 bits per heavy atom. The van der Waals surface area contributed by atoms with Gasteiger partial charge in [0.05, 0.1) is 5.02 Å². The molecular formula is C11H18ClNS. The number of nitrogens with two attached hydrogens (primary N) is 1. The third-order valence-electron chi connectivity index (χ3n) is 2.78. The molecule has 0 bridgehead atoms. The van der Waals surface area contributed by atoms with E-state index in [0.29, 0.717) is 5.92 Å². The second kappa shape index (κ2) is 5.15. The maximum atomic E-state index is 6.20. The summed E-state index contributed by atoms with van der Waals surface area (Å²) in [6.45, 7) is 6.40. The lowest BCUT2D eigenvalue weighted by Gasteiger charge is -2.20. The van der Waals surface area contributed by atoms with E-state index in [-0.39, 0.29) is 6.04 Å². The predicted octanol–water partition coefficient (Wildman–Crippen LogP) is 4.15. The van der Waals surface area contributed by atoms with Gasteiger partial charge in [-0.3, -0.25) is 0 Å². The van der Waals surface area contributed by atoms with Gasteiger partial charge in [0.1, 0.15) is 0 Å². The molecule has 3 heteroatoms. The maximum Gasteiger partial charge on any atom is 0.0590 e. The van der Waals surface area contributed by atoms with Crippen molar-refractivity contribution in [1.82, 2.24) is 0 Å². The molecule has 14 heavy (non-hydrogen) atoms. The second-order valence-electron chi connectivity index (χ2n) is 3.70. The van der Waals surface area contributed by atoms with Gasteiger partial charge in [-0.15, -0.1) is 11.3 Å². The Labute approximate surface area is 95.3 Å². The molecular weight excluding hydrogens is 214 g/mol. The van der Waals surface area contributed by atoms with Gasteiger partial charge in [-0.05, 0) is 23.8 Å². The van der Waals surface area contributed by atoms with Crippen LogP contribution in [-0.2, 0) is 0 Å². The van der Waals surface area contributed by atoms with Crippen molar-refractivity contribution in [2.45, 2.75) is 39.7 Å². The Kier molecular flexibility index (Phi) is 4.42. The Hall–Kier alpha value is -0.0500. The van der Waals surface area contributed by atoms with E-state index in [1.807, 2.05) is 6.92 Å². The van der Waals surface area contributed by atoms with Gasteiger partial charge in [-0.2, -0.15) is 0 Å². The molecule has 2 N–H and O–H groups in total. The van der Waals surface area contributed by atoms with E-state index in [0.717, 1.165) is 28.3 Å². The van der Waals surface area contributed by atoms with Crippen LogP contribution in [0, 0.1) is 12.8 Å². The molecule has 0 saturated heterocycles. The van der Waals surface area contributed by atoms with E-state index in [9.17, 15) is 0 Å². The highest BCUT2D eigenvalue weighted by Crippen LogP contribution is 2.36. The third kappa shape index (κ3) is 2.30. The highest BCUT2D eigenvalue weighted by atomic mass is 35.5. The highest BCUT2D eigenvalue weighted by Gasteiger charge is 2.20. The zero-order valence-electron chi connectivity index (χ0n) is 9.01. The van der Waals surface area contributed by atoms with Crippen LogP contribution in [-0.4, -0.2) is 0 Å². The molecule has 0 fully saturated rings. The van der Waals surface area contributed by atoms with Gasteiger partial charge in [0.2, 0.25) is 0 Å². The standard InChI is InChI=1S/C11H18ClNS/c1-4-8(5-2)10(13)11-9(12)7(3)6-14-11/h6,8,10H,4-5,13H2,1-3H3. The molecule has 1 unspecified atom stereocenters. The lowest BCUT2D eigenvalue weighted by molar-refractivity contribution is 0.410. The van der Waals surface area contributed by atoms with Crippen molar-refractivity contribution >= 4 is 22.9 Å². The zero-order valence-corrected chi connectivity index (χ0v) is 10.6. The van der Waals surface area contributed by atoms with Crippen LogP contribution >= 0.6 is 22.9 Å². The molecule has 1 aromatic rings. The summed E-state index contributed by atoms with van der Waals surface area (Å²) in [7, 11) is 0. The summed E-state index contributed by atoms with van der Waals surface area (Å²) in [5, 5.41) is 2.95. The van der Waals surface area contributed by atoms with Crippen LogP contribution in [0.15, 0.2) is 5.38 Å². The predicted molar refractivity (Wildman–Crippen MR) is 65.1 cm³/mol. The first kappa shape index (κ1) is 12.0. The minimum absolute atomic E-state index is 0.108. The van der Waals surface area contributed by atoms with Gasteiger partial charge in [0.25, 0.3) is 0 Å². The molecule has 1 atom stereocenters. The first-order valence-corrected chi connectivity index (χ1v) is 6.36. The first-order valence-electron chi connectivity index (χ1n) is 5.10. The summed E-state index contributed by atoms with van der Waals surface area (Å²) in [6.07, 6.45) is 2.23. The lowest BCUT2D eigenvalue weighted by Crippen LogP contribution is -2.19. The third-order valence-corrected chi connectivity index (χ3v) is 4.60. The van der Waals surface area contributed by atoms with E-state index in [4.69, 9.17) is 17.3 Å². The number of hydrogen-bond acceptors (Lipinski definition) is 2. The molecule has 0 aromatic carbocycles. The molecule has 1 nitrogen and oxygen atoms in total. The molecule has 1 rings (SSSR count). The van der Waals surface area contributed by atoms with Gasteiger partial charge in [0, 0.05) is 10.9 Å². The molecule has 0 spiro atoms. The Morgan fingerprint density at radius 2 is 2.00 bits per heavy atom. The van der Waals surface area contributed by atoms with Crippen molar-refractivity contribution < 1.29 is 0 Å². The number of rotatable bonds is 4. The van der Waals surface area contributed by atoms with Crippen molar-refractivity contribution in [2.24, 2.45) is 11.7 Å². The zero-order chi connectivity index (χ0) is 10.7. The van der Waals surface area contributed by atoms with Crippen LogP contribution < -0.4 is 5.73 Å². The fourth-order valence-electron chi connectivity index (χ4n) is 1.69. The second-order valence-corrected chi connectivity index (χ2v) is 4.99. The molecule has 0 amide bonds. The Balaban J connectivity index is 2.87. The largest absolute Gasteiger partial charge is 0.323 e. The van der Waals surface area contributed by atoms with Crippen LogP contribution in [0.4, 0.5) is 0 Å². The summed E-state index contributed by atoms with van der Waals surface area (Å²) < 4.78 is 0. The van der Waals surface area contributed by atoms with Crippen LogP contribution in [0.25, 0.3) is 0 Å². The van der Waals surface area contributed by atoms with Gasteiger partial charge in [-0.25, -0.2) is 0 Å². The summed E-state index contributed by atoms with van der Waals surface area (Å²) in [6, 6.07) is 0.108. The molecule has 0 saturated carbocycles. The van der Waals surface area contributed by atoms with Crippen LogP contribution in [0.5, 0.6) is 0 Å². The molecule has 1 aromatic heterocycles. The number of halogens is 1. The van der Waals surface area contributed by atoms with E-state index in [2.05, 4.69) is 19.2 Å². The van der Waals surface area contributed by atoms with Crippen LogP contribution in [0.1, 0.15) is 43.2 Å². The fraction of sp³-hybridized carbons (Fsp3) is 0.636. The molecule has 0 aliphatic heterocycles. The monoisotopic (exact) mass is 231 g/mol. The fourth-order valence-corrected chi connectivity index (χ4v) is 3.10. The number of hydrogen-bond donors (Lipinski definition) is 1. The minimum Gasteiger partial charge on any atom is -0.323 e. The molecule has 0 aliphatic carbocycles. The highest BCUT2D eigenvalue weighted by molar-refractivity contribution is 7.10. The van der Waals surface area contributed by atoms with E-state index < -0.39 is 0 Å². The number of aryl methyl sites for hydroxylation is 1. The lowest BCUT2D eigenvalue weighted by atomic mass is 9.93. The van der Waals surface area contributed by atoms with Gasteiger partial charge >= 0.3 is 0 Å². The average molecular weight is 232 g/mol.